The number of hydrogen-bond acceptors (Lipinski definition) is 2. The molecule has 0 saturated carbocycles. The SMILES string of the molecule is CCCCCCC(=O)NCNC(=O)CCCCCC. The molecular formula is C15H30N2O2. The average Bonchev–Trinajstić information content (AvgIpc) is 2.40. The van der Waals surface area contributed by atoms with Crippen LogP contribution in [0.15, 0.2) is 0 Å². The molecule has 0 aromatic carbocycles. The number of amides is 2. The quantitative estimate of drug-likeness (QED) is 0.423. The first kappa shape index (κ1) is 17.9. The van der Waals surface area contributed by atoms with Crippen LogP contribution in [0, 0.1) is 0 Å². The van der Waals surface area contributed by atoms with Crippen LogP contribution in [0.2, 0.25) is 0 Å². The molecule has 0 aliphatic rings. The van der Waals surface area contributed by atoms with Crippen molar-refractivity contribution < 1.29 is 9.59 Å². The minimum absolute atomic E-state index is 0.0300. The van der Waals surface area contributed by atoms with Crippen molar-refractivity contribution in [3.8, 4) is 0 Å². The van der Waals surface area contributed by atoms with Gasteiger partial charge in [-0.05, 0) is 12.8 Å². The molecule has 0 spiro atoms. The summed E-state index contributed by atoms with van der Waals surface area (Å²) in [5.74, 6) is 0.0600. The third kappa shape index (κ3) is 13.2. The van der Waals surface area contributed by atoms with Gasteiger partial charge in [-0.15, -0.1) is 0 Å². The van der Waals surface area contributed by atoms with Crippen molar-refractivity contribution >= 4 is 11.8 Å². The minimum atomic E-state index is 0.0300. The molecule has 112 valence electrons. The first-order valence-corrected chi connectivity index (χ1v) is 7.74. The van der Waals surface area contributed by atoms with E-state index in [1.54, 1.807) is 0 Å². The van der Waals surface area contributed by atoms with Crippen LogP contribution in [0.5, 0.6) is 0 Å². The fourth-order valence-electron chi connectivity index (χ4n) is 1.84. The second-order valence-corrected chi connectivity index (χ2v) is 5.00. The van der Waals surface area contributed by atoms with Gasteiger partial charge in [-0.2, -0.15) is 0 Å². The van der Waals surface area contributed by atoms with E-state index in [2.05, 4.69) is 24.5 Å². The first-order valence-electron chi connectivity index (χ1n) is 7.74. The number of unbranched alkanes of at least 4 members (excludes halogenated alkanes) is 6. The molecule has 0 aliphatic carbocycles. The summed E-state index contributed by atoms with van der Waals surface area (Å²) in [6, 6.07) is 0. The first-order chi connectivity index (χ1) is 9.20. The van der Waals surface area contributed by atoms with Crippen LogP contribution in [-0.2, 0) is 9.59 Å². The fourth-order valence-corrected chi connectivity index (χ4v) is 1.84. The predicted molar refractivity (Wildman–Crippen MR) is 78.7 cm³/mol. The van der Waals surface area contributed by atoms with Gasteiger partial charge in [-0.25, -0.2) is 0 Å². The highest BCUT2D eigenvalue weighted by Gasteiger charge is 2.02. The number of carbonyl (C=O) groups is 2. The summed E-state index contributed by atoms with van der Waals surface area (Å²) in [5.41, 5.74) is 0. The molecule has 0 rings (SSSR count). The molecule has 0 bridgehead atoms. The van der Waals surface area contributed by atoms with Gasteiger partial charge in [0.1, 0.15) is 0 Å². The topological polar surface area (TPSA) is 58.2 Å². The monoisotopic (exact) mass is 270 g/mol. The normalized spacial score (nSPS) is 10.2. The summed E-state index contributed by atoms with van der Waals surface area (Å²) in [6.07, 6.45) is 9.92. The molecule has 4 nitrogen and oxygen atoms in total. The Balaban J connectivity index is 3.35. The fraction of sp³-hybridized carbons (Fsp3) is 0.867. The van der Waals surface area contributed by atoms with Crippen LogP contribution in [0.3, 0.4) is 0 Å². The molecule has 0 atom stereocenters. The van der Waals surface area contributed by atoms with E-state index in [0.29, 0.717) is 12.8 Å². The highest BCUT2D eigenvalue weighted by molar-refractivity contribution is 5.78. The summed E-state index contributed by atoms with van der Waals surface area (Å²) < 4.78 is 0. The predicted octanol–water partition coefficient (Wildman–Crippen LogP) is 3.12. The van der Waals surface area contributed by atoms with E-state index >= 15 is 0 Å². The Morgan fingerprint density at radius 2 is 1.11 bits per heavy atom. The lowest BCUT2D eigenvalue weighted by Crippen LogP contribution is -2.37. The molecule has 0 aromatic rings. The van der Waals surface area contributed by atoms with E-state index in [-0.39, 0.29) is 18.5 Å². The summed E-state index contributed by atoms with van der Waals surface area (Å²) in [5, 5.41) is 5.44. The van der Waals surface area contributed by atoms with Crippen LogP contribution in [0.4, 0.5) is 0 Å². The van der Waals surface area contributed by atoms with Gasteiger partial charge in [0, 0.05) is 12.8 Å². The third-order valence-corrected chi connectivity index (χ3v) is 3.09. The van der Waals surface area contributed by atoms with Gasteiger partial charge in [0.15, 0.2) is 0 Å². The lowest BCUT2D eigenvalue weighted by molar-refractivity contribution is -0.123. The summed E-state index contributed by atoms with van der Waals surface area (Å²) in [6.45, 7) is 4.56. The Morgan fingerprint density at radius 3 is 1.47 bits per heavy atom. The standard InChI is InChI=1S/C15H30N2O2/c1-3-5-7-9-11-14(18)16-13-17-15(19)12-10-8-6-4-2/h3-13H2,1-2H3,(H,16,18)(H,17,19). The molecule has 2 N–H and O–H groups in total. The summed E-state index contributed by atoms with van der Waals surface area (Å²) in [4.78, 5) is 22.8. The van der Waals surface area contributed by atoms with Gasteiger partial charge in [0.05, 0.1) is 6.67 Å². The van der Waals surface area contributed by atoms with Crippen molar-refractivity contribution in [3.05, 3.63) is 0 Å². The number of nitrogens with one attached hydrogen (secondary N) is 2. The van der Waals surface area contributed by atoms with E-state index in [4.69, 9.17) is 0 Å². The second kappa shape index (κ2) is 13.4. The van der Waals surface area contributed by atoms with E-state index in [9.17, 15) is 9.59 Å². The average molecular weight is 270 g/mol. The van der Waals surface area contributed by atoms with E-state index < -0.39 is 0 Å². The Morgan fingerprint density at radius 1 is 0.684 bits per heavy atom. The third-order valence-electron chi connectivity index (χ3n) is 3.09. The molecular weight excluding hydrogens is 240 g/mol. The van der Waals surface area contributed by atoms with E-state index in [0.717, 1.165) is 25.7 Å². The Kier molecular flexibility index (Phi) is 12.6. The van der Waals surface area contributed by atoms with Gasteiger partial charge in [-0.1, -0.05) is 52.4 Å². The molecule has 19 heavy (non-hydrogen) atoms. The zero-order valence-corrected chi connectivity index (χ0v) is 12.6. The van der Waals surface area contributed by atoms with E-state index in [1.807, 2.05) is 0 Å². The number of rotatable bonds is 12. The zero-order valence-electron chi connectivity index (χ0n) is 12.6. The molecule has 2 amide bonds. The van der Waals surface area contributed by atoms with Crippen LogP contribution in [-0.4, -0.2) is 18.5 Å². The van der Waals surface area contributed by atoms with Crippen molar-refractivity contribution in [2.75, 3.05) is 6.67 Å². The summed E-state index contributed by atoms with van der Waals surface area (Å²) >= 11 is 0. The lowest BCUT2D eigenvalue weighted by Gasteiger charge is -2.07. The van der Waals surface area contributed by atoms with Crippen molar-refractivity contribution in [2.45, 2.75) is 78.1 Å². The molecule has 0 aliphatic heterocycles. The van der Waals surface area contributed by atoms with Crippen molar-refractivity contribution in [2.24, 2.45) is 0 Å². The Bertz CT molecular complexity index is 218. The molecule has 0 heterocycles. The maximum Gasteiger partial charge on any atom is 0.221 e. The van der Waals surface area contributed by atoms with Crippen LogP contribution >= 0.6 is 0 Å². The highest BCUT2D eigenvalue weighted by Crippen LogP contribution is 2.02. The van der Waals surface area contributed by atoms with Gasteiger partial charge in [-0.3, -0.25) is 9.59 Å². The van der Waals surface area contributed by atoms with Gasteiger partial charge >= 0.3 is 0 Å². The molecule has 0 unspecified atom stereocenters. The second-order valence-electron chi connectivity index (χ2n) is 5.00. The van der Waals surface area contributed by atoms with Gasteiger partial charge in [0.25, 0.3) is 0 Å². The smallest absolute Gasteiger partial charge is 0.221 e. The van der Waals surface area contributed by atoms with Crippen LogP contribution < -0.4 is 10.6 Å². The van der Waals surface area contributed by atoms with Crippen LogP contribution in [0.25, 0.3) is 0 Å². The minimum Gasteiger partial charge on any atom is -0.339 e. The zero-order chi connectivity index (χ0) is 14.3. The molecule has 0 aromatic heterocycles. The highest BCUT2D eigenvalue weighted by atomic mass is 16.2. The number of hydrogen-bond donors (Lipinski definition) is 2. The number of carbonyl (C=O) groups excluding carboxylic acids is 2. The Hall–Kier alpha value is -1.06. The molecule has 0 saturated heterocycles. The van der Waals surface area contributed by atoms with Gasteiger partial charge < -0.3 is 10.6 Å². The molecule has 0 fully saturated rings. The maximum atomic E-state index is 11.4. The lowest BCUT2D eigenvalue weighted by atomic mass is 10.1. The van der Waals surface area contributed by atoms with E-state index in [1.165, 1.54) is 25.7 Å². The van der Waals surface area contributed by atoms with Crippen molar-refractivity contribution in [3.63, 3.8) is 0 Å². The summed E-state index contributed by atoms with van der Waals surface area (Å²) in [7, 11) is 0. The largest absolute Gasteiger partial charge is 0.339 e. The van der Waals surface area contributed by atoms with Crippen molar-refractivity contribution in [1.82, 2.24) is 10.6 Å². The Labute approximate surface area is 117 Å². The van der Waals surface area contributed by atoms with Crippen LogP contribution in [0.1, 0.15) is 78.1 Å². The van der Waals surface area contributed by atoms with Crippen molar-refractivity contribution in [1.29, 1.82) is 0 Å². The molecule has 0 radical (unpaired) electrons. The maximum absolute atomic E-state index is 11.4. The molecule has 4 heteroatoms. The van der Waals surface area contributed by atoms with Gasteiger partial charge in [0.2, 0.25) is 11.8 Å².